The number of hydrogen-bond acceptors (Lipinski definition) is 7. The third kappa shape index (κ3) is 3.26. The molecule has 5 aromatic rings. The van der Waals surface area contributed by atoms with Crippen LogP contribution in [-0.4, -0.2) is 19.9 Å². The van der Waals surface area contributed by atoms with Crippen LogP contribution in [0.1, 0.15) is 34.4 Å². The summed E-state index contributed by atoms with van der Waals surface area (Å²) < 4.78 is 0. The molecular weight excluding hydrogens is 440 g/mol. The Labute approximate surface area is 192 Å². The van der Waals surface area contributed by atoms with E-state index in [-0.39, 0.29) is 0 Å². The fourth-order valence-electron chi connectivity index (χ4n) is 4.28. The van der Waals surface area contributed by atoms with Gasteiger partial charge in [0.1, 0.15) is 32.4 Å². The van der Waals surface area contributed by atoms with Gasteiger partial charge in [-0.3, -0.25) is 0 Å². The Morgan fingerprint density at radius 1 is 0.839 bits per heavy atom. The smallest absolute Gasteiger partial charge is 0.128 e. The summed E-state index contributed by atoms with van der Waals surface area (Å²) in [6, 6.07) is 6.65. The molecule has 1 aromatic carbocycles. The van der Waals surface area contributed by atoms with Crippen LogP contribution in [0.2, 0.25) is 0 Å². The SMILES string of the molecule is Cc1ccc(-c2csc3ncnc(Sc4ncnc5sc6c(c45)CCCC6)c23)cc1C. The zero-order valence-corrected chi connectivity index (χ0v) is 19.8. The lowest BCUT2D eigenvalue weighted by molar-refractivity contribution is 0.699. The topological polar surface area (TPSA) is 51.6 Å². The van der Waals surface area contributed by atoms with Crippen molar-refractivity contribution in [2.75, 3.05) is 0 Å². The summed E-state index contributed by atoms with van der Waals surface area (Å²) in [6.07, 6.45) is 8.19. The first-order chi connectivity index (χ1) is 15.2. The lowest BCUT2D eigenvalue weighted by Crippen LogP contribution is -1.99. The number of aromatic nitrogens is 4. The van der Waals surface area contributed by atoms with Gasteiger partial charge in [0.05, 0.1) is 5.39 Å². The van der Waals surface area contributed by atoms with E-state index < -0.39 is 0 Å². The van der Waals surface area contributed by atoms with Gasteiger partial charge in [-0.25, -0.2) is 19.9 Å². The van der Waals surface area contributed by atoms with Crippen molar-refractivity contribution in [1.29, 1.82) is 0 Å². The predicted octanol–water partition coefficient (Wildman–Crippen LogP) is 7.01. The van der Waals surface area contributed by atoms with Crippen LogP contribution in [-0.2, 0) is 12.8 Å². The van der Waals surface area contributed by atoms with Crippen molar-refractivity contribution in [3.63, 3.8) is 0 Å². The molecule has 0 aliphatic heterocycles. The van der Waals surface area contributed by atoms with Gasteiger partial charge < -0.3 is 0 Å². The quantitative estimate of drug-likeness (QED) is 0.271. The summed E-state index contributed by atoms with van der Waals surface area (Å²) in [5.41, 5.74) is 6.47. The fraction of sp³-hybridized carbons (Fsp3) is 0.250. The summed E-state index contributed by atoms with van der Waals surface area (Å²) >= 11 is 5.17. The monoisotopic (exact) mass is 460 g/mol. The van der Waals surface area contributed by atoms with Crippen molar-refractivity contribution < 1.29 is 0 Å². The van der Waals surface area contributed by atoms with E-state index in [1.54, 1.807) is 35.8 Å². The number of aryl methyl sites for hydroxylation is 4. The van der Waals surface area contributed by atoms with Crippen molar-refractivity contribution in [3.05, 3.63) is 57.8 Å². The molecule has 1 aliphatic carbocycles. The van der Waals surface area contributed by atoms with Crippen LogP contribution < -0.4 is 0 Å². The Kier molecular flexibility index (Phi) is 4.78. The second kappa shape index (κ2) is 7.65. The Bertz CT molecular complexity index is 1450. The average molecular weight is 461 g/mol. The van der Waals surface area contributed by atoms with E-state index in [1.807, 2.05) is 11.3 Å². The molecule has 7 heteroatoms. The number of fused-ring (bicyclic) bond motifs is 4. The lowest BCUT2D eigenvalue weighted by Gasteiger charge is -2.11. The Balaban J connectivity index is 1.51. The third-order valence-electron chi connectivity index (χ3n) is 6.06. The van der Waals surface area contributed by atoms with Crippen molar-refractivity contribution in [3.8, 4) is 11.1 Å². The van der Waals surface area contributed by atoms with Crippen LogP contribution in [0.3, 0.4) is 0 Å². The molecule has 0 bridgehead atoms. The Morgan fingerprint density at radius 2 is 1.61 bits per heavy atom. The van der Waals surface area contributed by atoms with E-state index in [2.05, 4.69) is 47.4 Å². The zero-order valence-electron chi connectivity index (χ0n) is 17.3. The van der Waals surface area contributed by atoms with Crippen LogP contribution in [0.4, 0.5) is 0 Å². The summed E-state index contributed by atoms with van der Waals surface area (Å²) in [5, 5.41) is 6.55. The number of rotatable bonds is 3. The summed E-state index contributed by atoms with van der Waals surface area (Å²) in [4.78, 5) is 22.2. The molecule has 1 aliphatic rings. The summed E-state index contributed by atoms with van der Waals surface area (Å²) in [7, 11) is 0. The molecule has 4 aromatic heterocycles. The molecule has 0 fully saturated rings. The number of benzene rings is 1. The number of hydrogen-bond donors (Lipinski definition) is 0. The van der Waals surface area contributed by atoms with E-state index in [9.17, 15) is 0 Å². The molecule has 0 saturated carbocycles. The van der Waals surface area contributed by atoms with Gasteiger partial charge >= 0.3 is 0 Å². The minimum absolute atomic E-state index is 0.968. The molecule has 0 atom stereocenters. The third-order valence-corrected chi connectivity index (χ3v) is 9.16. The largest absolute Gasteiger partial charge is 0.229 e. The molecule has 0 N–H and O–H groups in total. The van der Waals surface area contributed by atoms with Gasteiger partial charge in [0.25, 0.3) is 0 Å². The van der Waals surface area contributed by atoms with Gasteiger partial charge in [-0.05, 0) is 73.5 Å². The highest BCUT2D eigenvalue weighted by Crippen LogP contribution is 2.44. The number of nitrogens with zero attached hydrogens (tertiary/aromatic N) is 4. The van der Waals surface area contributed by atoms with Gasteiger partial charge in [-0.15, -0.1) is 22.7 Å². The van der Waals surface area contributed by atoms with E-state index in [0.29, 0.717) is 0 Å². The fourth-order valence-corrected chi connectivity index (χ4v) is 7.56. The van der Waals surface area contributed by atoms with Gasteiger partial charge in [-0.2, -0.15) is 0 Å². The highest BCUT2D eigenvalue weighted by Gasteiger charge is 2.22. The van der Waals surface area contributed by atoms with Crippen LogP contribution in [0, 0.1) is 13.8 Å². The number of thiophene rings is 2. The molecule has 31 heavy (non-hydrogen) atoms. The Morgan fingerprint density at radius 3 is 2.45 bits per heavy atom. The molecule has 6 rings (SSSR count). The first-order valence-corrected chi connectivity index (χ1v) is 12.9. The molecule has 4 nitrogen and oxygen atoms in total. The van der Waals surface area contributed by atoms with Crippen LogP contribution in [0.5, 0.6) is 0 Å². The molecule has 0 radical (unpaired) electrons. The summed E-state index contributed by atoms with van der Waals surface area (Å²) in [5.74, 6) is 0. The molecule has 0 unspecified atom stereocenters. The minimum Gasteiger partial charge on any atom is -0.229 e. The van der Waals surface area contributed by atoms with Gasteiger partial charge in [-0.1, -0.05) is 18.2 Å². The molecule has 0 saturated heterocycles. The second-order valence-corrected chi connectivity index (χ2v) is 10.9. The van der Waals surface area contributed by atoms with Gasteiger partial charge in [0, 0.05) is 21.2 Å². The summed E-state index contributed by atoms with van der Waals surface area (Å²) in [6.45, 7) is 4.31. The maximum atomic E-state index is 4.71. The molecule has 4 heterocycles. The zero-order chi connectivity index (χ0) is 20.9. The van der Waals surface area contributed by atoms with E-state index >= 15 is 0 Å². The minimum atomic E-state index is 0.968. The Hall–Kier alpha value is -2.35. The first kappa shape index (κ1) is 19.3. The maximum absolute atomic E-state index is 4.71. The average Bonchev–Trinajstić information content (AvgIpc) is 3.38. The van der Waals surface area contributed by atoms with Crippen molar-refractivity contribution in [1.82, 2.24) is 19.9 Å². The lowest BCUT2D eigenvalue weighted by atomic mass is 9.97. The van der Waals surface area contributed by atoms with Gasteiger partial charge in [0.15, 0.2) is 0 Å². The van der Waals surface area contributed by atoms with E-state index in [4.69, 9.17) is 9.97 Å². The highest BCUT2D eigenvalue weighted by atomic mass is 32.2. The van der Waals surface area contributed by atoms with Crippen LogP contribution in [0.25, 0.3) is 31.6 Å². The van der Waals surface area contributed by atoms with Crippen LogP contribution >= 0.6 is 34.4 Å². The van der Waals surface area contributed by atoms with Crippen molar-refractivity contribution >= 4 is 54.9 Å². The van der Waals surface area contributed by atoms with Gasteiger partial charge in [0.2, 0.25) is 0 Å². The standard InChI is InChI=1S/C24H20N4S3/c1-13-7-8-15(9-14(13)2)17-10-29-21-20(17)24(27-11-25-21)31-23-19-16-5-3-4-6-18(16)30-22(19)26-12-28-23/h7-12H,3-6H2,1-2H3. The van der Waals surface area contributed by atoms with Crippen LogP contribution in [0.15, 0.2) is 46.3 Å². The van der Waals surface area contributed by atoms with E-state index in [0.717, 1.165) is 31.5 Å². The van der Waals surface area contributed by atoms with Crippen molar-refractivity contribution in [2.45, 2.75) is 49.6 Å². The highest BCUT2D eigenvalue weighted by molar-refractivity contribution is 7.99. The molecule has 0 spiro atoms. The predicted molar refractivity (Wildman–Crippen MR) is 131 cm³/mol. The van der Waals surface area contributed by atoms with E-state index in [1.165, 1.54) is 57.3 Å². The van der Waals surface area contributed by atoms with Crippen molar-refractivity contribution in [2.24, 2.45) is 0 Å². The second-order valence-electron chi connectivity index (χ2n) is 7.98. The molecule has 0 amide bonds. The normalized spacial score (nSPS) is 13.7. The maximum Gasteiger partial charge on any atom is 0.128 e. The molecule has 154 valence electrons. The molecular formula is C24H20N4S3. The first-order valence-electron chi connectivity index (χ1n) is 10.4.